The Kier molecular flexibility index (Phi) is 6.15. The zero-order valence-corrected chi connectivity index (χ0v) is 18.9. The number of nitrogens with one attached hydrogen (secondary N) is 2. The number of amides is 1. The SMILES string of the molecule is O=C(Nc1ccc2c(c1)CNC2C(=O)Cn1cccn1)c1ccccc1-c1ccc(C(F)(F)F)cc1. The Morgan fingerprint density at radius 3 is 2.53 bits per heavy atom. The summed E-state index contributed by atoms with van der Waals surface area (Å²) in [4.78, 5) is 25.8. The van der Waals surface area contributed by atoms with Crippen molar-refractivity contribution in [3.63, 3.8) is 0 Å². The third kappa shape index (κ3) is 4.78. The lowest BCUT2D eigenvalue weighted by molar-refractivity contribution is -0.137. The topological polar surface area (TPSA) is 76.0 Å². The first-order chi connectivity index (χ1) is 17.3. The molecular weight excluding hydrogens is 469 g/mol. The van der Waals surface area contributed by atoms with E-state index in [9.17, 15) is 22.8 Å². The fourth-order valence-corrected chi connectivity index (χ4v) is 4.34. The highest BCUT2D eigenvalue weighted by molar-refractivity contribution is 6.08. The molecule has 0 saturated heterocycles. The summed E-state index contributed by atoms with van der Waals surface area (Å²) in [6, 6.07) is 18.1. The quantitative estimate of drug-likeness (QED) is 0.388. The molecule has 0 bridgehead atoms. The number of rotatable bonds is 6. The molecule has 4 aromatic rings. The van der Waals surface area contributed by atoms with Crippen molar-refractivity contribution in [2.45, 2.75) is 25.3 Å². The van der Waals surface area contributed by atoms with Crippen molar-refractivity contribution >= 4 is 17.4 Å². The molecule has 1 atom stereocenters. The van der Waals surface area contributed by atoms with E-state index in [-0.39, 0.29) is 18.2 Å². The molecule has 1 unspecified atom stereocenters. The Morgan fingerprint density at radius 1 is 1.03 bits per heavy atom. The van der Waals surface area contributed by atoms with E-state index in [1.165, 1.54) is 12.1 Å². The van der Waals surface area contributed by atoms with Crippen LogP contribution >= 0.6 is 0 Å². The molecule has 0 saturated carbocycles. The smallest absolute Gasteiger partial charge is 0.322 e. The van der Waals surface area contributed by atoms with Gasteiger partial charge in [0.1, 0.15) is 6.54 Å². The number of aromatic nitrogens is 2. The van der Waals surface area contributed by atoms with Crippen LogP contribution in [0.15, 0.2) is 85.2 Å². The number of carbonyl (C=O) groups is 2. The van der Waals surface area contributed by atoms with Crippen LogP contribution in [0.2, 0.25) is 0 Å². The number of hydrogen-bond donors (Lipinski definition) is 2. The number of halogens is 3. The van der Waals surface area contributed by atoms with Crippen LogP contribution in [-0.4, -0.2) is 21.5 Å². The lowest BCUT2D eigenvalue weighted by Crippen LogP contribution is -2.25. The van der Waals surface area contributed by atoms with Gasteiger partial charge in [-0.15, -0.1) is 0 Å². The molecule has 6 nitrogen and oxygen atoms in total. The van der Waals surface area contributed by atoms with E-state index in [0.29, 0.717) is 28.9 Å². The summed E-state index contributed by atoms with van der Waals surface area (Å²) < 4.78 is 40.4. The Labute approximate surface area is 204 Å². The predicted molar refractivity (Wildman–Crippen MR) is 128 cm³/mol. The van der Waals surface area contributed by atoms with Gasteiger partial charge in [-0.1, -0.05) is 36.4 Å². The van der Waals surface area contributed by atoms with Gasteiger partial charge < -0.3 is 5.32 Å². The fourth-order valence-electron chi connectivity index (χ4n) is 4.34. The molecule has 36 heavy (non-hydrogen) atoms. The lowest BCUT2D eigenvalue weighted by Gasteiger charge is -2.13. The molecule has 2 N–H and O–H groups in total. The molecular formula is C27H21F3N4O2. The van der Waals surface area contributed by atoms with Gasteiger partial charge in [0.2, 0.25) is 0 Å². The zero-order chi connectivity index (χ0) is 25.3. The predicted octanol–water partition coefficient (Wildman–Crippen LogP) is 5.23. The second kappa shape index (κ2) is 9.43. The summed E-state index contributed by atoms with van der Waals surface area (Å²) in [5, 5.41) is 10.2. The number of hydrogen-bond acceptors (Lipinski definition) is 4. The Balaban J connectivity index is 1.33. The van der Waals surface area contributed by atoms with E-state index in [4.69, 9.17) is 0 Å². The monoisotopic (exact) mass is 490 g/mol. The maximum Gasteiger partial charge on any atom is 0.416 e. The van der Waals surface area contributed by atoms with Gasteiger partial charge in [0.25, 0.3) is 5.91 Å². The third-order valence-corrected chi connectivity index (χ3v) is 6.10. The minimum absolute atomic E-state index is 0.0142. The van der Waals surface area contributed by atoms with E-state index in [2.05, 4.69) is 15.7 Å². The highest BCUT2D eigenvalue weighted by atomic mass is 19.4. The number of fused-ring (bicyclic) bond motifs is 1. The number of ketones is 1. The van der Waals surface area contributed by atoms with Gasteiger partial charge in [0.05, 0.1) is 11.6 Å². The van der Waals surface area contributed by atoms with Crippen molar-refractivity contribution in [1.82, 2.24) is 15.1 Å². The first kappa shape index (κ1) is 23.5. The van der Waals surface area contributed by atoms with Gasteiger partial charge in [-0.3, -0.25) is 19.6 Å². The van der Waals surface area contributed by atoms with Gasteiger partial charge in [0.15, 0.2) is 5.78 Å². The van der Waals surface area contributed by atoms with Gasteiger partial charge >= 0.3 is 6.18 Å². The number of nitrogens with zero attached hydrogens (tertiary/aromatic N) is 2. The van der Waals surface area contributed by atoms with E-state index < -0.39 is 17.8 Å². The van der Waals surface area contributed by atoms with Crippen molar-refractivity contribution in [1.29, 1.82) is 0 Å². The summed E-state index contributed by atoms with van der Waals surface area (Å²) in [7, 11) is 0. The maximum atomic E-state index is 13.1. The zero-order valence-electron chi connectivity index (χ0n) is 18.9. The molecule has 0 spiro atoms. The average Bonchev–Trinajstić information content (AvgIpc) is 3.53. The van der Waals surface area contributed by atoms with E-state index in [1.807, 2.05) is 12.1 Å². The second-order valence-electron chi connectivity index (χ2n) is 8.47. The van der Waals surface area contributed by atoms with E-state index in [0.717, 1.165) is 23.3 Å². The molecule has 2 heterocycles. The van der Waals surface area contributed by atoms with Crippen molar-refractivity contribution in [3.8, 4) is 11.1 Å². The van der Waals surface area contributed by atoms with E-state index >= 15 is 0 Å². The van der Waals surface area contributed by atoms with Crippen LogP contribution < -0.4 is 10.6 Å². The first-order valence-electron chi connectivity index (χ1n) is 11.2. The molecule has 3 aromatic carbocycles. The highest BCUT2D eigenvalue weighted by Gasteiger charge is 2.30. The van der Waals surface area contributed by atoms with Crippen LogP contribution in [0.5, 0.6) is 0 Å². The minimum Gasteiger partial charge on any atom is -0.322 e. The van der Waals surface area contributed by atoms with E-state index in [1.54, 1.807) is 53.5 Å². The van der Waals surface area contributed by atoms with Gasteiger partial charge in [-0.05, 0) is 58.7 Å². The minimum atomic E-state index is -4.43. The molecule has 5 rings (SSSR count). The number of anilines is 1. The number of Topliss-reactive ketones (excluding diaryl/α,β-unsaturated/α-hetero) is 1. The average molecular weight is 490 g/mol. The highest BCUT2D eigenvalue weighted by Crippen LogP contribution is 2.33. The van der Waals surface area contributed by atoms with Crippen LogP contribution in [0.1, 0.15) is 33.1 Å². The molecule has 0 fully saturated rings. The standard InChI is InChI=1S/C27H21F3N4O2/c28-27(29,30)19-8-6-17(7-9-19)21-4-1-2-5-23(21)26(36)33-20-10-11-22-18(14-20)15-31-25(22)24(35)16-34-13-3-12-32-34/h1-14,25,31H,15-16H2,(H,33,36). The van der Waals surface area contributed by atoms with Gasteiger partial charge in [-0.2, -0.15) is 18.3 Å². The van der Waals surface area contributed by atoms with Crippen molar-refractivity contribution in [2.75, 3.05) is 5.32 Å². The van der Waals surface area contributed by atoms with Crippen LogP contribution in [0, 0.1) is 0 Å². The van der Waals surface area contributed by atoms with Crippen LogP contribution in [0.3, 0.4) is 0 Å². The Bertz CT molecular complexity index is 1410. The number of benzene rings is 3. The van der Waals surface area contributed by atoms with Gasteiger partial charge in [0, 0.05) is 30.2 Å². The third-order valence-electron chi connectivity index (χ3n) is 6.10. The molecule has 1 aliphatic heterocycles. The summed E-state index contributed by atoms with van der Waals surface area (Å²) in [6.45, 7) is 0.639. The summed E-state index contributed by atoms with van der Waals surface area (Å²) >= 11 is 0. The van der Waals surface area contributed by atoms with Crippen LogP contribution in [0.4, 0.5) is 18.9 Å². The van der Waals surface area contributed by atoms with Gasteiger partial charge in [-0.25, -0.2) is 0 Å². The number of carbonyl (C=O) groups excluding carboxylic acids is 2. The molecule has 0 radical (unpaired) electrons. The summed E-state index contributed by atoms with van der Waals surface area (Å²) in [5.41, 5.74) is 2.94. The maximum absolute atomic E-state index is 13.1. The normalized spacial score (nSPS) is 14.9. The largest absolute Gasteiger partial charge is 0.416 e. The Hall–Kier alpha value is -4.24. The summed E-state index contributed by atoms with van der Waals surface area (Å²) in [5.74, 6) is -0.401. The van der Waals surface area contributed by atoms with Crippen molar-refractivity contribution in [2.24, 2.45) is 0 Å². The van der Waals surface area contributed by atoms with Crippen LogP contribution in [-0.2, 0) is 24.1 Å². The van der Waals surface area contributed by atoms with Crippen LogP contribution in [0.25, 0.3) is 11.1 Å². The fraction of sp³-hybridized carbons (Fsp3) is 0.148. The van der Waals surface area contributed by atoms with Crippen molar-refractivity contribution in [3.05, 3.63) is 107 Å². The summed E-state index contributed by atoms with van der Waals surface area (Å²) in [6.07, 6.45) is -1.08. The lowest BCUT2D eigenvalue weighted by atomic mass is 9.97. The molecule has 1 aliphatic rings. The molecule has 0 aliphatic carbocycles. The molecule has 182 valence electrons. The first-order valence-corrected chi connectivity index (χ1v) is 11.2. The number of alkyl halides is 3. The Morgan fingerprint density at radius 2 is 1.81 bits per heavy atom. The molecule has 1 aromatic heterocycles. The second-order valence-corrected chi connectivity index (χ2v) is 8.47. The van der Waals surface area contributed by atoms with Crippen molar-refractivity contribution < 1.29 is 22.8 Å². The molecule has 1 amide bonds. The molecule has 9 heteroatoms.